The van der Waals surface area contributed by atoms with Crippen molar-refractivity contribution in [2.75, 3.05) is 24.5 Å². The van der Waals surface area contributed by atoms with Crippen molar-refractivity contribution in [1.82, 2.24) is 10.2 Å². The maximum atomic E-state index is 12.7. The molecule has 0 saturated carbocycles. The van der Waals surface area contributed by atoms with E-state index in [1.54, 1.807) is 21.9 Å². The Kier molecular flexibility index (Phi) is 6.09. The fourth-order valence-electron chi connectivity index (χ4n) is 3.07. The summed E-state index contributed by atoms with van der Waals surface area (Å²) in [4.78, 5) is 40.2. The van der Waals surface area contributed by atoms with Gasteiger partial charge in [-0.3, -0.25) is 14.4 Å². The highest BCUT2D eigenvalue weighted by Crippen LogP contribution is 2.18. The monoisotopic (exact) mass is 379 g/mol. The minimum atomic E-state index is -0.154. The van der Waals surface area contributed by atoms with Gasteiger partial charge >= 0.3 is 0 Å². The lowest BCUT2D eigenvalue weighted by atomic mass is 10.1. The van der Waals surface area contributed by atoms with Crippen molar-refractivity contribution >= 4 is 23.4 Å². The zero-order valence-electron chi connectivity index (χ0n) is 16.2. The first kappa shape index (κ1) is 19.6. The number of rotatable bonds is 5. The zero-order valence-corrected chi connectivity index (χ0v) is 16.2. The van der Waals surface area contributed by atoms with Gasteiger partial charge in [-0.25, -0.2) is 0 Å². The summed E-state index contributed by atoms with van der Waals surface area (Å²) in [6, 6.07) is 16.6. The van der Waals surface area contributed by atoms with E-state index >= 15 is 0 Å². The van der Waals surface area contributed by atoms with Crippen LogP contribution in [0.1, 0.15) is 29.8 Å². The van der Waals surface area contributed by atoms with Gasteiger partial charge in [0.1, 0.15) is 6.54 Å². The fourth-order valence-corrected chi connectivity index (χ4v) is 3.07. The van der Waals surface area contributed by atoms with E-state index in [1.165, 1.54) is 0 Å². The average molecular weight is 379 g/mol. The summed E-state index contributed by atoms with van der Waals surface area (Å²) < 4.78 is 0. The summed E-state index contributed by atoms with van der Waals surface area (Å²) >= 11 is 0. The molecular formula is C22H25N3O3. The number of hydrogen-bond acceptors (Lipinski definition) is 3. The molecule has 6 nitrogen and oxygen atoms in total. The van der Waals surface area contributed by atoms with E-state index in [4.69, 9.17) is 0 Å². The molecule has 0 bridgehead atoms. The number of anilines is 1. The van der Waals surface area contributed by atoms with Gasteiger partial charge in [0.05, 0.1) is 0 Å². The molecular weight excluding hydrogens is 354 g/mol. The molecule has 1 saturated heterocycles. The summed E-state index contributed by atoms with van der Waals surface area (Å²) in [6.45, 7) is 5.16. The molecule has 0 atom stereocenters. The Morgan fingerprint density at radius 1 is 1.00 bits per heavy atom. The molecule has 0 radical (unpaired) electrons. The van der Waals surface area contributed by atoms with E-state index in [9.17, 15) is 14.4 Å². The quantitative estimate of drug-likeness (QED) is 0.868. The highest BCUT2D eigenvalue weighted by atomic mass is 16.2. The minimum absolute atomic E-state index is 0.00467. The van der Waals surface area contributed by atoms with Crippen molar-refractivity contribution in [2.45, 2.75) is 20.4 Å². The number of nitrogens with one attached hydrogen (secondary N) is 1. The lowest BCUT2D eigenvalue weighted by Gasteiger charge is -2.34. The Labute approximate surface area is 165 Å². The summed E-state index contributed by atoms with van der Waals surface area (Å²) in [5.41, 5.74) is 2.32. The largest absolute Gasteiger partial charge is 0.352 e. The van der Waals surface area contributed by atoms with Gasteiger partial charge in [0, 0.05) is 36.8 Å². The Hall–Kier alpha value is -3.15. The van der Waals surface area contributed by atoms with Gasteiger partial charge in [0.2, 0.25) is 11.8 Å². The summed E-state index contributed by atoms with van der Waals surface area (Å²) in [5.74, 6) is -0.305. The van der Waals surface area contributed by atoms with Crippen LogP contribution >= 0.6 is 0 Å². The van der Waals surface area contributed by atoms with Crippen LogP contribution in [0.5, 0.6) is 0 Å². The second kappa shape index (κ2) is 8.69. The van der Waals surface area contributed by atoms with Crippen molar-refractivity contribution in [3.8, 4) is 0 Å². The van der Waals surface area contributed by atoms with Crippen LogP contribution in [0.2, 0.25) is 0 Å². The van der Waals surface area contributed by atoms with Gasteiger partial charge in [-0.05, 0) is 29.8 Å². The van der Waals surface area contributed by atoms with Crippen LogP contribution in [0.25, 0.3) is 0 Å². The van der Waals surface area contributed by atoms with Crippen LogP contribution in [0.15, 0.2) is 54.6 Å². The molecule has 1 aliphatic heterocycles. The molecule has 3 amide bonds. The standard InChI is InChI=1S/C22H25N3O3/c1-16(2)21(27)23-14-17-8-10-18(11-9-17)22(28)24-12-13-25(20(26)15-24)19-6-4-3-5-7-19/h3-11,16H,12-15H2,1-2H3,(H,23,27). The Bertz CT molecular complexity index is 847. The minimum Gasteiger partial charge on any atom is -0.352 e. The molecule has 146 valence electrons. The predicted molar refractivity (Wildman–Crippen MR) is 108 cm³/mol. The van der Waals surface area contributed by atoms with Gasteiger partial charge in [0.15, 0.2) is 0 Å². The molecule has 3 rings (SSSR count). The second-order valence-electron chi connectivity index (χ2n) is 7.18. The van der Waals surface area contributed by atoms with E-state index in [-0.39, 0.29) is 30.2 Å². The molecule has 1 fully saturated rings. The van der Waals surface area contributed by atoms with Crippen LogP contribution in [0.3, 0.4) is 0 Å². The number of nitrogens with zero attached hydrogens (tertiary/aromatic N) is 2. The molecule has 6 heteroatoms. The third-order valence-corrected chi connectivity index (χ3v) is 4.77. The van der Waals surface area contributed by atoms with Gasteiger partial charge in [-0.1, -0.05) is 44.2 Å². The van der Waals surface area contributed by atoms with E-state index in [1.807, 2.05) is 56.3 Å². The van der Waals surface area contributed by atoms with E-state index in [0.29, 0.717) is 25.2 Å². The number of piperazine rings is 1. The number of carbonyl (C=O) groups excluding carboxylic acids is 3. The van der Waals surface area contributed by atoms with Crippen molar-refractivity contribution in [3.63, 3.8) is 0 Å². The average Bonchev–Trinajstić information content (AvgIpc) is 2.72. The number of hydrogen-bond donors (Lipinski definition) is 1. The second-order valence-corrected chi connectivity index (χ2v) is 7.18. The lowest BCUT2D eigenvalue weighted by molar-refractivity contribution is -0.124. The zero-order chi connectivity index (χ0) is 20.1. The van der Waals surface area contributed by atoms with Crippen molar-refractivity contribution in [1.29, 1.82) is 0 Å². The maximum Gasteiger partial charge on any atom is 0.254 e. The predicted octanol–water partition coefficient (Wildman–Crippen LogP) is 2.45. The van der Waals surface area contributed by atoms with Crippen LogP contribution in [-0.4, -0.2) is 42.3 Å². The first-order valence-corrected chi connectivity index (χ1v) is 9.47. The third kappa shape index (κ3) is 4.57. The maximum absolute atomic E-state index is 12.7. The number of para-hydroxylation sites is 1. The normalized spacial score (nSPS) is 14.3. The molecule has 28 heavy (non-hydrogen) atoms. The molecule has 1 N–H and O–H groups in total. The first-order chi connectivity index (χ1) is 13.5. The van der Waals surface area contributed by atoms with Crippen molar-refractivity contribution in [2.24, 2.45) is 5.92 Å². The highest BCUT2D eigenvalue weighted by molar-refractivity contribution is 6.01. The van der Waals surface area contributed by atoms with E-state index in [2.05, 4.69) is 5.32 Å². The summed E-state index contributed by atoms with van der Waals surface area (Å²) in [5, 5.41) is 2.85. The molecule has 0 unspecified atom stereocenters. The molecule has 0 aromatic heterocycles. The van der Waals surface area contributed by atoms with Gasteiger partial charge in [-0.15, -0.1) is 0 Å². The molecule has 1 heterocycles. The first-order valence-electron chi connectivity index (χ1n) is 9.47. The van der Waals surface area contributed by atoms with Gasteiger partial charge in [0.25, 0.3) is 5.91 Å². The van der Waals surface area contributed by atoms with Crippen LogP contribution in [0.4, 0.5) is 5.69 Å². The van der Waals surface area contributed by atoms with Crippen LogP contribution < -0.4 is 10.2 Å². The van der Waals surface area contributed by atoms with E-state index in [0.717, 1.165) is 11.3 Å². The Morgan fingerprint density at radius 2 is 1.68 bits per heavy atom. The summed E-state index contributed by atoms with van der Waals surface area (Å²) in [7, 11) is 0. The Morgan fingerprint density at radius 3 is 2.29 bits per heavy atom. The molecule has 2 aromatic carbocycles. The molecule has 0 aliphatic carbocycles. The van der Waals surface area contributed by atoms with Gasteiger partial charge < -0.3 is 15.1 Å². The highest BCUT2D eigenvalue weighted by Gasteiger charge is 2.28. The lowest BCUT2D eigenvalue weighted by Crippen LogP contribution is -2.52. The van der Waals surface area contributed by atoms with Crippen molar-refractivity contribution in [3.05, 3.63) is 65.7 Å². The van der Waals surface area contributed by atoms with Crippen molar-refractivity contribution < 1.29 is 14.4 Å². The van der Waals surface area contributed by atoms with Crippen LogP contribution in [-0.2, 0) is 16.1 Å². The van der Waals surface area contributed by atoms with E-state index < -0.39 is 0 Å². The third-order valence-electron chi connectivity index (χ3n) is 4.77. The van der Waals surface area contributed by atoms with Crippen LogP contribution in [0, 0.1) is 5.92 Å². The topological polar surface area (TPSA) is 69.7 Å². The molecule has 2 aromatic rings. The number of amides is 3. The fraction of sp³-hybridized carbons (Fsp3) is 0.318. The molecule has 1 aliphatic rings. The summed E-state index contributed by atoms with van der Waals surface area (Å²) in [6.07, 6.45) is 0. The smallest absolute Gasteiger partial charge is 0.254 e. The van der Waals surface area contributed by atoms with Gasteiger partial charge in [-0.2, -0.15) is 0 Å². The Balaban J connectivity index is 1.59. The number of carbonyl (C=O) groups is 3. The number of benzene rings is 2. The SMILES string of the molecule is CC(C)C(=O)NCc1ccc(C(=O)N2CCN(c3ccccc3)C(=O)C2)cc1. The molecule has 0 spiro atoms.